The minimum Gasteiger partial charge on any atom is -0.381 e. The van der Waals surface area contributed by atoms with Crippen molar-refractivity contribution in [2.24, 2.45) is 5.92 Å². The molecule has 0 aliphatic carbocycles. The van der Waals surface area contributed by atoms with Crippen LogP contribution in [0.1, 0.15) is 31.3 Å². The number of rotatable bonds is 7. The second kappa shape index (κ2) is 7.90. The quantitative estimate of drug-likeness (QED) is 0.824. The molecule has 1 fully saturated rings. The molecule has 5 nitrogen and oxygen atoms in total. The molecule has 1 atom stereocenters. The zero-order valence-corrected chi connectivity index (χ0v) is 13.7. The first-order valence-electron chi connectivity index (χ1n) is 7.10. The van der Waals surface area contributed by atoms with Gasteiger partial charge in [-0.3, -0.25) is 0 Å². The van der Waals surface area contributed by atoms with Crippen LogP contribution in [0.3, 0.4) is 0 Å². The number of anilines is 1. The predicted octanol–water partition coefficient (Wildman–Crippen LogP) is 2.79. The largest absolute Gasteiger partial charge is 0.381 e. The maximum absolute atomic E-state index is 5.42. The van der Waals surface area contributed by atoms with Gasteiger partial charge in [-0.05, 0) is 34.7 Å². The molecule has 20 heavy (non-hydrogen) atoms. The van der Waals surface area contributed by atoms with Crippen LogP contribution < -0.4 is 5.32 Å². The Morgan fingerprint density at radius 2 is 2.30 bits per heavy atom. The van der Waals surface area contributed by atoms with Crippen LogP contribution >= 0.6 is 15.9 Å². The molecule has 0 bridgehead atoms. The lowest BCUT2D eigenvalue weighted by molar-refractivity contribution is 0.180. The van der Waals surface area contributed by atoms with Gasteiger partial charge in [0.1, 0.15) is 11.6 Å². The molecule has 2 rings (SSSR count). The molecule has 1 saturated heterocycles. The fraction of sp³-hybridized carbons (Fsp3) is 0.714. The Morgan fingerprint density at radius 1 is 1.45 bits per heavy atom. The Bertz CT molecular complexity index is 437. The summed E-state index contributed by atoms with van der Waals surface area (Å²) in [6.07, 6.45) is 3.02. The average molecular weight is 344 g/mol. The van der Waals surface area contributed by atoms with Crippen molar-refractivity contribution in [3.05, 3.63) is 16.0 Å². The SMILES string of the molecule is CCCNc1nc(CC2CCOC2)nc(COC)c1Br. The third kappa shape index (κ3) is 4.14. The van der Waals surface area contributed by atoms with Crippen molar-refractivity contribution < 1.29 is 9.47 Å². The van der Waals surface area contributed by atoms with Gasteiger partial charge in [0.15, 0.2) is 0 Å². The lowest BCUT2D eigenvalue weighted by Gasteiger charge is -2.13. The number of halogens is 1. The van der Waals surface area contributed by atoms with Crippen molar-refractivity contribution >= 4 is 21.7 Å². The Kier molecular flexibility index (Phi) is 6.19. The summed E-state index contributed by atoms with van der Waals surface area (Å²) in [7, 11) is 1.68. The third-order valence-corrected chi connectivity index (χ3v) is 4.12. The zero-order valence-electron chi connectivity index (χ0n) is 12.1. The topological polar surface area (TPSA) is 56.3 Å². The lowest BCUT2D eigenvalue weighted by atomic mass is 10.0. The van der Waals surface area contributed by atoms with Gasteiger partial charge in [-0.1, -0.05) is 6.92 Å². The van der Waals surface area contributed by atoms with E-state index in [1.165, 1.54) is 0 Å². The van der Waals surface area contributed by atoms with Gasteiger partial charge in [0.05, 0.1) is 16.8 Å². The van der Waals surface area contributed by atoms with Crippen molar-refractivity contribution in [2.75, 3.05) is 32.2 Å². The van der Waals surface area contributed by atoms with E-state index in [0.29, 0.717) is 12.5 Å². The summed E-state index contributed by atoms with van der Waals surface area (Å²) < 4.78 is 11.5. The summed E-state index contributed by atoms with van der Waals surface area (Å²) in [4.78, 5) is 9.25. The summed E-state index contributed by atoms with van der Waals surface area (Å²) in [6.45, 7) is 5.19. The highest BCUT2D eigenvalue weighted by Gasteiger charge is 2.19. The molecule has 1 aromatic heterocycles. The van der Waals surface area contributed by atoms with E-state index in [4.69, 9.17) is 9.47 Å². The fourth-order valence-electron chi connectivity index (χ4n) is 2.23. The zero-order chi connectivity index (χ0) is 14.4. The summed E-state index contributed by atoms with van der Waals surface area (Å²) in [5.74, 6) is 2.27. The molecule has 1 aliphatic rings. The fourth-order valence-corrected chi connectivity index (χ4v) is 2.66. The summed E-state index contributed by atoms with van der Waals surface area (Å²) >= 11 is 3.57. The van der Waals surface area contributed by atoms with Crippen LogP contribution in [0.15, 0.2) is 4.47 Å². The van der Waals surface area contributed by atoms with Crippen molar-refractivity contribution in [1.29, 1.82) is 0 Å². The van der Waals surface area contributed by atoms with E-state index >= 15 is 0 Å². The van der Waals surface area contributed by atoms with Gasteiger partial charge in [0, 0.05) is 33.3 Å². The van der Waals surface area contributed by atoms with Crippen LogP contribution in [-0.2, 0) is 22.5 Å². The Hall–Kier alpha value is -0.720. The van der Waals surface area contributed by atoms with Crippen LogP contribution in [0.5, 0.6) is 0 Å². The van der Waals surface area contributed by atoms with E-state index in [1.807, 2.05) is 0 Å². The number of nitrogens with one attached hydrogen (secondary N) is 1. The standard InChI is InChI=1S/C14H22BrN3O2/c1-3-5-16-14-13(15)11(9-19-2)17-12(18-14)7-10-4-6-20-8-10/h10H,3-9H2,1-2H3,(H,16,17,18). The van der Waals surface area contributed by atoms with Crippen LogP contribution in [0.4, 0.5) is 5.82 Å². The molecule has 6 heteroatoms. The van der Waals surface area contributed by atoms with E-state index < -0.39 is 0 Å². The molecule has 112 valence electrons. The number of ether oxygens (including phenoxy) is 2. The molecule has 0 saturated carbocycles. The number of aromatic nitrogens is 2. The highest BCUT2D eigenvalue weighted by molar-refractivity contribution is 9.10. The second-order valence-corrected chi connectivity index (χ2v) is 5.84. The lowest BCUT2D eigenvalue weighted by Crippen LogP contribution is -2.13. The van der Waals surface area contributed by atoms with Gasteiger partial charge in [0.2, 0.25) is 0 Å². The van der Waals surface area contributed by atoms with E-state index in [1.54, 1.807) is 7.11 Å². The van der Waals surface area contributed by atoms with Gasteiger partial charge in [-0.25, -0.2) is 9.97 Å². The monoisotopic (exact) mass is 343 g/mol. The molecule has 1 aliphatic heterocycles. The Morgan fingerprint density at radius 3 is 2.95 bits per heavy atom. The van der Waals surface area contributed by atoms with Crippen molar-refractivity contribution in [3.8, 4) is 0 Å². The van der Waals surface area contributed by atoms with Crippen LogP contribution in [0.2, 0.25) is 0 Å². The van der Waals surface area contributed by atoms with Gasteiger partial charge in [-0.2, -0.15) is 0 Å². The molecule has 2 heterocycles. The normalized spacial score (nSPS) is 18.4. The molecule has 0 aromatic carbocycles. The maximum atomic E-state index is 5.42. The predicted molar refractivity (Wildman–Crippen MR) is 81.9 cm³/mol. The molecule has 1 N–H and O–H groups in total. The molecule has 0 spiro atoms. The Balaban J connectivity index is 2.18. The van der Waals surface area contributed by atoms with Gasteiger partial charge in [0.25, 0.3) is 0 Å². The maximum Gasteiger partial charge on any atom is 0.144 e. The van der Waals surface area contributed by atoms with E-state index in [9.17, 15) is 0 Å². The summed E-state index contributed by atoms with van der Waals surface area (Å²) in [5, 5.41) is 3.34. The van der Waals surface area contributed by atoms with E-state index in [2.05, 4.69) is 38.1 Å². The average Bonchev–Trinajstić information content (AvgIpc) is 2.94. The summed E-state index contributed by atoms with van der Waals surface area (Å²) in [6, 6.07) is 0. The molecular weight excluding hydrogens is 322 g/mol. The van der Waals surface area contributed by atoms with Gasteiger partial charge < -0.3 is 14.8 Å². The molecule has 0 radical (unpaired) electrons. The van der Waals surface area contributed by atoms with Crippen LogP contribution in [0, 0.1) is 5.92 Å². The summed E-state index contributed by atoms with van der Waals surface area (Å²) in [5.41, 5.74) is 0.898. The minimum absolute atomic E-state index is 0.484. The van der Waals surface area contributed by atoms with Crippen molar-refractivity contribution in [2.45, 2.75) is 32.8 Å². The smallest absolute Gasteiger partial charge is 0.144 e. The first kappa shape index (κ1) is 15.7. The number of nitrogens with zero attached hydrogens (tertiary/aromatic N) is 2. The van der Waals surface area contributed by atoms with Gasteiger partial charge >= 0.3 is 0 Å². The first-order valence-corrected chi connectivity index (χ1v) is 7.89. The third-order valence-electron chi connectivity index (χ3n) is 3.28. The van der Waals surface area contributed by atoms with Gasteiger partial charge in [-0.15, -0.1) is 0 Å². The first-order chi connectivity index (χ1) is 9.74. The number of methoxy groups -OCH3 is 1. The highest BCUT2D eigenvalue weighted by atomic mass is 79.9. The molecule has 0 amide bonds. The van der Waals surface area contributed by atoms with Crippen molar-refractivity contribution in [1.82, 2.24) is 9.97 Å². The highest BCUT2D eigenvalue weighted by Crippen LogP contribution is 2.26. The molecular formula is C14H22BrN3O2. The molecule has 1 unspecified atom stereocenters. The minimum atomic E-state index is 0.484. The van der Waals surface area contributed by atoms with Crippen LogP contribution in [-0.4, -0.2) is 36.8 Å². The second-order valence-electron chi connectivity index (χ2n) is 5.04. The number of hydrogen-bond donors (Lipinski definition) is 1. The van der Waals surface area contributed by atoms with E-state index in [0.717, 1.165) is 60.8 Å². The number of hydrogen-bond acceptors (Lipinski definition) is 5. The van der Waals surface area contributed by atoms with E-state index in [-0.39, 0.29) is 0 Å². The van der Waals surface area contributed by atoms with Crippen molar-refractivity contribution in [3.63, 3.8) is 0 Å². The van der Waals surface area contributed by atoms with Crippen LogP contribution in [0.25, 0.3) is 0 Å². The Labute approximate surface area is 128 Å². The molecule has 1 aromatic rings.